The third-order valence-corrected chi connectivity index (χ3v) is 7.28. The maximum Gasteiger partial charge on any atom is 0.257 e. The van der Waals surface area contributed by atoms with Gasteiger partial charge in [-0.3, -0.25) is 14.7 Å². The fourth-order valence-electron chi connectivity index (χ4n) is 5.27. The van der Waals surface area contributed by atoms with E-state index in [4.69, 9.17) is 9.47 Å². The van der Waals surface area contributed by atoms with Crippen LogP contribution in [0.15, 0.2) is 60.9 Å². The van der Waals surface area contributed by atoms with Crippen LogP contribution in [0, 0.1) is 5.92 Å². The molecule has 0 spiro atoms. The average Bonchev–Trinajstić information content (AvgIpc) is 3.15. The second-order valence-electron chi connectivity index (χ2n) is 9.61. The van der Waals surface area contributed by atoms with E-state index >= 15 is 0 Å². The maximum atomic E-state index is 13.5. The topological polar surface area (TPSA) is 54.9 Å². The number of hydrogen-bond acceptors (Lipinski definition) is 5. The number of rotatable bonds is 7. The van der Waals surface area contributed by atoms with E-state index in [0.717, 1.165) is 71.6 Å². The molecule has 2 saturated heterocycles. The summed E-state index contributed by atoms with van der Waals surface area (Å²) in [6.07, 6.45) is 8.12. The van der Waals surface area contributed by atoms with Gasteiger partial charge in [0.15, 0.2) is 0 Å². The summed E-state index contributed by atoms with van der Waals surface area (Å²) in [6, 6.07) is 16.2. The Balaban J connectivity index is 1.19. The van der Waals surface area contributed by atoms with Crippen molar-refractivity contribution in [1.82, 2.24) is 14.8 Å². The molecule has 3 heterocycles. The van der Waals surface area contributed by atoms with Crippen molar-refractivity contribution >= 4 is 16.7 Å². The molecule has 3 aromatic rings. The van der Waals surface area contributed by atoms with Gasteiger partial charge in [0.25, 0.3) is 5.91 Å². The Morgan fingerprint density at radius 3 is 2.71 bits per heavy atom. The van der Waals surface area contributed by atoms with Crippen LogP contribution in [0.2, 0.25) is 0 Å². The standard InChI is InChI=1S/C29H35N3O3/c33-29(27-9-3-4-10-28(27)35-19-16-31-14-17-34-18-15-31)32-12-5-6-23(11-13-32)20-25-22-30-21-24-7-1-2-8-26(24)25/h1-4,7-10,21-23H,5-6,11-20H2/t23-/m1/s1. The normalized spacial score (nSPS) is 19.4. The second-order valence-corrected chi connectivity index (χ2v) is 9.61. The molecule has 2 fully saturated rings. The molecule has 2 aliphatic rings. The Hall–Kier alpha value is -2.96. The number of para-hydroxylation sites is 1. The first-order chi connectivity index (χ1) is 17.3. The number of pyridine rings is 1. The van der Waals surface area contributed by atoms with E-state index in [0.29, 0.717) is 23.8 Å². The first kappa shape index (κ1) is 23.8. The zero-order valence-corrected chi connectivity index (χ0v) is 20.4. The van der Waals surface area contributed by atoms with Crippen molar-refractivity contribution in [3.63, 3.8) is 0 Å². The fourth-order valence-corrected chi connectivity index (χ4v) is 5.27. The maximum absolute atomic E-state index is 13.5. The van der Waals surface area contributed by atoms with Gasteiger partial charge in [-0.05, 0) is 54.7 Å². The highest BCUT2D eigenvalue weighted by Gasteiger charge is 2.24. The van der Waals surface area contributed by atoms with Crippen LogP contribution in [-0.2, 0) is 11.2 Å². The molecule has 0 radical (unpaired) electrons. The predicted octanol–water partition coefficient (Wildman–Crippen LogP) is 4.43. The number of ether oxygens (including phenoxy) is 2. The molecule has 6 heteroatoms. The number of fused-ring (bicyclic) bond motifs is 1. The number of morpholine rings is 1. The zero-order valence-electron chi connectivity index (χ0n) is 20.4. The van der Waals surface area contributed by atoms with Crippen molar-refractivity contribution in [3.05, 3.63) is 72.1 Å². The zero-order chi connectivity index (χ0) is 23.9. The summed E-state index contributed by atoms with van der Waals surface area (Å²) in [4.78, 5) is 22.3. The van der Waals surface area contributed by atoms with Crippen molar-refractivity contribution in [2.24, 2.45) is 5.92 Å². The van der Waals surface area contributed by atoms with E-state index in [1.54, 1.807) is 0 Å². The molecule has 35 heavy (non-hydrogen) atoms. The molecule has 0 bridgehead atoms. The number of carbonyl (C=O) groups excluding carboxylic acids is 1. The van der Waals surface area contributed by atoms with E-state index in [9.17, 15) is 4.79 Å². The smallest absolute Gasteiger partial charge is 0.257 e. The van der Waals surface area contributed by atoms with E-state index < -0.39 is 0 Å². The summed E-state index contributed by atoms with van der Waals surface area (Å²) in [5.74, 6) is 1.33. The molecule has 2 aliphatic heterocycles. The summed E-state index contributed by atoms with van der Waals surface area (Å²) < 4.78 is 11.5. The second kappa shape index (κ2) is 11.6. The van der Waals surface area contributed by atoms with Crippen LogP contribution in [0.25, 0.3) is 10.8 Å². The number of likely N-dealkylation sites (tertiary alicyclic amines) is 1. The number of carbonyl (C=O) groups is 1. The summed E-state index contributed by atoms with van der Waals surface area (Å²) >= 11 is 0. The van der Waals surface area contributed by atoms with E-state index in [1.165, 1.54) is 16.3 Å². The summed E-state index contributed by atoms with van der Waals surface area (Å²) in [6.45, 7) is 6.44. The summed E-state index contributed by atoms with van der Waals surface area (Å²) in [7, 11) is 0. The highest BCUT2D eigenvalue weighted by molar-refractivity contribution is 5.97. The molecule has 1 aromatic heterocycles. The molecule has 0 unspecified atom stereocenters. The molecule has 0 N–H and O–H groups in total. The molecular weight excluding hydrogens is 438 g/mol. The molecule has 184 valence electrons. The predicted molar refractivity (Wildman–Crippen MR) is 138 cm³/mol. The Kier molecular flexibility index (Phi) is 7.91. The largest absolute Gasteiger partial charge is 0.491 e. The summed E-state index contributed by atoms with van der Waals surface area (Å²) in [5, 5.41) is 2.49. The molecule has 6 nitrogen and oxygen atoms in total. The van der Waals surface area contributed by atoms with Crippen molar-refractivity contribution in [3.8, 4) is 5.75 Å². The third-order valence-electron chi connectivity index (χ3n) is 7.28. The molecule has 5 rings (SSSR count). The number of benzene rings is 2. The minimum Gasteiger partial charge on any atom is -0.491 e. The average molecular weight is 474 g/mol. The van der Waals surface area contributed by atoms with Gasteiger partial charge in [0.05, 0.1) is 18.8 Å². The number of amides is 1. The van der Waals surface area contributed by atoms with Crippen LogP contribution in [0.1, 0.15) is 35.2 Å². The number of hydrogen-bond donors (Lipinski definition) is 0. The lowest BCUT2D eigenvalue weighted by Gasteiger charge is -2.26. The van der Waals surface area contributed by atoms with Gasteiger partial charge in [0.2, 0.25) is 0 Å². The third kappa shape index (κ3) is 6.00. The Bertz CT molecular complexity index is 1120. The lowest BCUT2D eigenvalue weighted by Crippen LogP contribution is -2.38. The van der Waals surface area contributed by atoms with Gasteiger partial charge in [-0.25, -0.2) is 0 Å². The van der Waals surface area contributed by atoms with E-state index in [-0.39, 0.29) is 5.91 Å². The van der Waals surface area contributed by atoms with Crippen LogP contribution in [0.3, 0.4) is 0 Å². The first-order valence-corrected chi connectivity index (χ1v) is 12.9. The van der Waals surface area contributed by atoms with Crippen LogP contribution in [0.4, 0.5) is 0 Å². The lowest BCUT2D eigenvalue weighted by atomic mass is 9.91. The number of nitrogens with zero attached hydrogens (tertiary/aromatic N) is 3. The van der Waals surface area contributed by atoms with Gasteiger partial charge >= 0.3 is 0 Å². The van der Waals surface area contributed by atoms with Crippen LogP contribution < -0.4 is 4.74 Å². The fraction of sp³-hybridized carbons (Fsp3) is 0.448. The molecule has 1 amide bonds. The minimum absolute atomic E-state index is 0.0828. The van der Waals surface area contributed by atoms with Gasteiger partial charge in [-0.1, -0.05) is 36.4 Å². The minimum atomic E-state index is 0.0828. The van der Waals surface area contributed by atoms with Crippen molar-refractivity contribution in [2.75, 3.05) is 52.5 Å². The van der Waals surface area contributed by atoms with Crippen molar-refractivity contribution in [1.29, 1.82) is 0 Å². The van der Waals surface area contributed by atoms with Crippen molar-refractivity contribution < 1.29 is 14.3 Å². The van der Waals surface area contributed by atoms with Gasteiger partial charge in [-0.2, -0.15) is 0 Å². The van der Waals surface area contributed by atoms with Gasteiger partial charge in [-0.15, -0.1) is 0 Å². The molecule has 0 aliphatic carbocycles. The van der Waals surface area contributed by atoms with Gasteiger partial charge < -0.3 is 14.4 Å². The highest BCUT2D eigenvalue weighted by atomic mass is 16.5. The quantitative estimate of drug-likeness (QED) is 0.508. The Morgan fingerprint density at radius 2 is 1.80 bits per heavy atom. The summed E-state index contributed by atoms with van der Waals surface area (Å²) in [5.41, 5.74) is 1.98. The monoisotopic (exact) mass is 473 g/mol. The highest BCUT2D eigenvalue weighted by Crippen LogP contribution is 2.27. The lowest BCUT2D eigenvalue weighted by molar-refractivity contribution is 0.0321. The van der Waals surface area contributed by atoms with Gasteiger partial charge in [0, 0.05) is 50.5 Å². The van der Waals surface area contributed by atoms with E-state index in [1.807, 2.05) is 41.6 Å². The van der Waals surface area contributed by atoms with Gasteiger partial charge in [0.1, 0.15) is 12.4 Å². The van der Waals surface area contributed by atoms with E-state index in [2.05, 4.69) is 34.1 Å². The molecule has 2 aromatic carbocycles. The van der Waals surface area contributed by atoms with Crippen LogP contribution in [-0.4, -0.2) is 73.2 Å². The Labute approximate surface area is 207 Å². The van der Waals surface area contributed by atoms with Crippen LogP contribution in [0.5, 0.6) is 5.75 Å². The Morgan fingerprint density at radius 1 is 0.971 bits per heavy atom. The SMILES string of the molecule is O=C(c1ccccc1OCCN1CCOCC1)N1CCC[C@@H](Cc2cncc3ccccc23)CC1. The van der Waals surface area contributed by atoms with Crippen molar-refractivity contribution in [2.45, 2.75) is 25.7 Å². The number of aromatic nitrogens is 1. The first-order valence-electron chi connectivity index (χ1n) is 12.9. The molecule has 1 atom stereocenters. The molecular formula is C29H35N3O3. The van der Waals surface area contributed by atoms with Crippen LogP contribution >= 0.6 is 0 Å². The molecule has 0 saturated carbocycles.